The number of hydrogen-bond acceptors (Lipinski definition) is 6. The summed E-state index contributed by atoms with van der Waals surface area (Å²) in [4.78, 5) is 27.4. The summed E-state index contributed by atoms with van der Waals surface area (Å²) in [5.41, 5.74) is -0.557. The predicted molar refractivity (Wildman–Crippen MR) is 86.5 cm³/mol. The van der Waals surface area contributed by atoms with Crippen LogP contribution in [0.15, 0.2) is 17.2 Å². The molecule has 8 nitrogen and oxygen atoms in total. The van der Waals surface area contributed by atoms with Gasteiger partial charge in [-0.1, -0.05) is 6.42 Å². The topological polar surface area (TPSA) is 114 Å². The molecule has 1 saturated carbocycles. The van der Waals surface area contributed by atoms with Crippen LogP contribution < -0.4 is 0 Å². The van der Waals surface area contributed by atoms with Crippen LogP contribution in [0.3, 0.4) is 0 Å². The van der Waals surface area contributed by atoms with Crippen molar-refractivity contribution in [2.45, 2.75) is 31.1 Å². The first-order valence-electron chi connectivity index (χ1n) is 8.01. The van der Waals surface area contributed by atoms with Gasteiger partial charge in [0.15, 0.2) is 0 Å². The fourth-order valence-corrected chi connectivity index (χ4v) is 5.42. The highest BCUT2D eigenvalue weighted by Gasteiger charge is 2.57. The molecule has 1 aliphatic carbocycles. The SMILES string of the molecule is COC(=O)c1cc(S(=O)(=O)N2C[C@@H]3CCC[C@@]3(C(=O)O)C2)cnc1C. The van der Waals surface area contributed by atoms with Gasteiger partial charge < -0.3 is 9.84 Å². The Bertz CT molecular complexity index is 837. The van der Waals surface area contributed by atoms with Crippen LogP contribution in [-0.2, 0) is 19.6 Å². The first-order valence-corrected chi connectivity index (χ1v) is 9.45. The molecule has 2 aliphatic rings. The molecule has 0 aromatic carbocycles. The molecule has 0 radical (unpaired) electrons. The Morgan fingerprint density at radius 2 is 2.16 bits per heavy atom. The van der Waals surface area contributed by atoms with Crippen LogP contribution in [-0.4, -0.2) is 55.0 Å². The number of pyridine rings is 1. The maximum Gasteiger partial charge on any atom is 0.339 e. The van der Waals surface area contributed by atoms with E-state index in [2.05, 4.69) is 9.72 Å². The number of carbonyl (C=O) groups excluding carboxylic acids is 1. The first kappa shape index (κ1) is 17.8. The highest BCUT2D eigenvalue weighted by atomic mass is 32.2. The number of carboxylic acids is 1. The Morgan fingerprint density at radius 1 is 1.44 bits per heavy atom. The van der Waals surface area contributed by atoms with E-state index in [1.165, 1.54) is 23.7 Å². The second kappa shape index (κ2) is 6.06. The maximum absolute atomic E-state index is 12.9. The smallest absolute Gasteiger partial charge is 0.339 e. The van der Waals surface area contributed by atoms with E-state index in [1.54, 1.807) is 6.92 Å². The molecule has 0 bridgehead atoms. The zero-order chi connectivity index (χ0) is 18.4. The van der Waals surface area contributed by atoms with Crippen LogP contribution in [0.2, 0.25) is 0 Å². The Morgan fingerprint density at radius 3 is 2.76 bits per heavy atom. The van der Waals surface area contributed by atoms with Crippen LogP contribution in [0, 0.1) is 18.3 Å². The van der Waals surface area contributed by atoms with Gasteiger partial charge in [-0.15, -0.1) is 0 Å². The molecule has 1 aromatic heterocycles. The maximum atomic E-state index is 12.9. The standard InChI is InChI=1S/C16H20N2O6S/c1-10-13(14(19)24-2)6-12(7-17-10)25(22,23)18-8-11-4-3-5-16(11,9-18)15(20)21/h6-7,11H,3-5,8-9H2,1-2H3,(H,20,21)/t11-,16+/m0/s1. The lowest BCUT2D eigenvalue weighted by atomic mass is 9.81. The summed E-state index contributed by atoms with van der Waals surface area (Å²) in [5.74, 6) is -1.79. The lowest BCUT2D eigenvalue weighted by molar-refractivity contribution is -0.149. The van der Waals surface area contributed by atoms with Gasteiger partial charge in [-0.2, -0.15) is 4.31 Å². The molecule has 9 heteroatoms. The molecule has 2 atom stereocenters. The Balaban J connectivity index is 1.96. The molecule has 3 rings (SSSR count). The fourth-order valence-electron chi connectivity index (χ4n) is 3.90. The number of aliphatic carboxylic acids is 1. The van der Waals surface area contributed by atoms with Gasteiger partial charge in [0.05, 0.1) is 23.8 Å². The monoisotopic (exact) mass is 368 g/mol. The molecule has 1 aliphatic heterocycles. The summed E-state index contributed by atoms with van der Waals surface area (Å²) < 4.78 is 31.8. The van der Waals surface area contributed by atoms with E-state index < -0.39 is 27.4 Å². The zero-order valence-corrected chi connectivity index (χ0v) is 14.9. The molecule has 136 valence electrons. The van der Waals surface area contributed by atoms with E-state index >= 15 is 0 Å². The number of methoxy groups -OCH3 is 1. The lowest BCUT2D eigenvalue weighted by Crippen LogP contribution is -2.37. The minimum atomic E-state index is -3.93. The Hall–Kier alpha value is -2.00. The van der Waals surface area contributed by atoms with Gasteiger partial charge in [-0.05, 0) is 31.7 Å². The van der Waals surface area contributed by atoms with Crippen molar-refractivity contribution in [2.75, 3.05) is 20.2 Å². The first-order chi connectivity index (χ1) is 11.7. The van der Waals surface area contributed by atoms with E-state index in [9.17, 15) is 23.1 Å². The van der Waals surface area contributed by atoms with E-state index in [4.69, 9.17) is 0 Å². The van der Waals surface area contributed by atoms with Crippen molar-refractivity contribution >= 4 is 22.0 Å². The molecular formula is C16H20N2O6S. The highest BCUT2D eigenvalue weighted by molar-refractivity contribution is 7.89. The number of fused-ring (bicyclic) bond motifs is 1. The van der Waals surface area contributed by atoms with E-state index in [1.807, 2.05) is 0 Å². The summed E-state index contributed by atoms with van der Waals surface area (Å²) in [5, 5.41) is 9.62. The molecule has 25 heavy (non-hydrogen) atoms. The molecule has 0 spiro atoms. The van der Waals surface area contributed by atoms with Gasteiger partial charge in [0.2, 0.25) is 10.0 Å². The quantitative estimate of drug-likeness (QED) is 0.790. The van der Waals surface area contributed by atoms with Gasteiger partial charge in [-0.25, -0.2) is 13.2 Å². The van der Waals surface area contributed by atoms with Crippen LogP contribution in [0.1, 0.15) is 35.3 Å². The third kappa shape index (κ3) is 2.71. The number of carbonyl (C=O) groups is 2. The van der Waals surface area contributed by atoms with Crippen LogP contribution in [0.5, 0.6) is 0 Å². The summed E-state index contributed by atoms with van der Waals surface area (Å²) in [6, 6.07) is 1.24. The summed E-state index contributed by atoms with van der Waals surface area (Å²) >= 11 is 0. The molecular weight excluding hydrogens is 348 g/mol. The van der Waals surface area contributed by atoms with Crippen molar-refractivity contribution in [3.63, 3.8) is 0 Å². The summed E-state index contributed by atoms with van der Waals surface area (Å²) in [6.07, 6.45) is 3.18. The van der Waals surface area contributed by atoms with Gasteiger partial charge in [0.1, 0.15) is 4.90 Å². The molecule has 1 aromatic rings. The highest BCUT2D eigenvalue weighted by Crippen LogP contribution is 2.50. The molecule has 0 unspecified atom stereocenters. The molecule has 2 heterocycles. The van der Waals surface area contributed by atoms with Crippen molar-refractivity contribution in [1.82, 2.24) is 9.29 Å². The average molecular weight is 368 g/mol. The summed E-state index contributed by atoms with van der Waals surface area (Å²) in [7, 11) is -2.72. The number of rotatable bonds is 4. The van der Waals surface area contributed by atoms with Crippen LogP contribution in [0.4, 0.5) is 0 Å². The second-order valence-electron chi connectivity index (χ2n) is 6.64. The van der Waals surface area contributed by atoms with Crippen molar-refractivity contribution in [1.29, 1.82) is 0 Å². The number of esters is 1. The van der Waals surface area contributed by atoms with E-state index in [0.717, 1.165) is 6.42 Å². The third-order valence-corrected chi connectivity index (χ3v) is 7.15. The minimum Gasteiger partial charge on any atom is -0.481 e. The van der Waals surface area contributed by atoms with E-state index in [0.29, 0.717) is 18.5 Å². The van der Waals surface area contributed by atoms with Crippen molar-refractivity contribution in [3.05, 3.63) is 23.5 Å². The van der Waals surface area contributed by atoms with Gasteiger partial charge in [0.25, 0.3) is 0 Å². The summed E-state index contributed by atoms with van der Waals surface area (Å²) in [6.45, 7) is 1.72. The van der Waals surface area contributed by atoms with Crippen molar-refractivity contribution in [3.8, 4) is 0 Å². The molecule has 0 amide bonds. The van der Waals surface area contributed by atoms with Crippen LogP contribution >= 0.6 is 0 Å². The van der Waals surface area contributed by atoms with E-state index in [-0.39, 0.29) is 29.5 Å². The molecule has 1 saturated heterocycles. The lowest BCUT2D eigenvalue weighted by Gasteiger charge is -2.23. The number of sulfonamides is 1. The normalized spacial score (nSPS) is 26.4. The Kier molecular flexibility index (Phi) is 4.32. The Labute approximate surface area is 145 Å². The number of aryl methyl sites for hydroxylation is 1. The minimum absolute atomic E-state index is 0.0449. The largest absolute Gasteiger partial charge is 0.481 e. The number of hydrogen-bond donors (Lipinski definition) is 1. The zero-order valence-electron chi connectivity index (χ0n) is 14.1. The number of ether oxygens (including phenoxy) is 1. The fraction of sp³-hybridized carbons (Fsp3) is 0.562. The molecule has 1 N–H and O–H groups in total. The number of aromatic nitrogens is 1. The number of carboxylic acid groups (broad SMARTS) is 1. The van der Waals surface area contributed by atoms with Gasteiger partial charge >= 0.3 is 11.9 Å². The van der Waals surface area contributed by atoms with Gasteiger partial charge in [0, 0.05) is 19.3 Å². The van der Waals surface area contributed by atoms with Crippen LogP contribution in [0.25, 0.3) is 0 Å². The van der Waals surface area contributed by atoms with Crippen molar-refractivity contribution < 1.29 is 27.9 Å². The average Bonchev–Trinajstić information content (AvgIpc) is 3.13. The third-order valence-electron chi connectivity index (χ3n) is 5.37. The predicted octanol–water partition coefficient (Wildman–Crippen LogP) is 1.05. The second-order valence-corrected chi connectivity index (χ2v) is 8.58. The van der Waals surface area contributed by atoms with Crippen molar-refractivity contribution in [2.24, 2.45) is 11.3 Å². The number of nitrogens with zero attached hydrogens (tertiary/aromatic N) is 2. The molecule has 2 fully saturated rings. The van der Waals surface area contributed by atoms with Gasteiger partial charge in [-0.3, -0.25) is 9.78 Å².